The molecule has 17 heavy (non-hydrogen) atoms. The Bertz CT molecular complexity index is 474. The van der Waals surface area contributed by atoms with Gasteiger partial charge in [-0.1, -0.05) is 19.8 Å². The molecule has 94 valence electrons. The molecular formula is C13H19NO3. The number of carboxylic acids is 1. The molecule has 0 aromatic carbocycles. The molecule has 0 fully saturated rings. The zero-order valence-electron chi connectivity index (χ0n) is 10.6. The molecule has 1 rings (SSSR count). The van der Waals surface area contributed by atoms with Crippen molar-refractivity contribution >= 4 is 5.97 Å². The highest BCUT2D eigenvalue weighted by atomic mass is 16.4. The number of aryl methyl sites for hydroxylation is 2. The van der Waals surface area contributed by atoms with Gasteiger partial charge < -0.3 is 9.67 Å². The Balaban J connectivity index is 3.16. The predicted octanol–water partition coefficient (Wildman–Crippen LogP) is 2.35. The van der Waals surface area contributed by atoms with Gasteiger partial charge in [-0.05, 0) is 31.4 Å². The molecule has 0 spiro atoms. The average molecular weight is 237 g/mol. The van der Waals surface area contributed by atoms with E-state index >= 15 is 0 Å². The van der Waals surface area contributed by atoms with Crippen molar-refractivity contribution in [1.29, 1.82) is 0 Å². The van der Waals surface area contributed by atoms with Crippen molar-refractivity contribution in [3.63, 3.8) is 0 Å². The number of unbranched alkanes of at least 4 members (excludes halogenated alkanes) is 2. The Morgan fingerprint density at radius 3 is 2.53 bits per heavy atom. The summed E-state index contributed by atoms with van der Waals surface area (Å²) in [6.07, 6.45) is 4.77. The van der Waals surface area contributed by atoms with Crippen molar-refractivity contribution < 1.29 is 9.90 Å². The Kier molecular flexibility index (Phi) is 4.49. The number of pyridine rings is 1. The van der Waals surface area contributed by atoms with E-state index in [1.807, 2.05) is 6.92 Å². The van der Waals surface area contributed by atoms with E-state index in [2.05, 4.69) is 6.92 Å². The van der Waals surface area contributed by atoms with Crippen LogP contribution in [0.25, 0.3) is 0 Å². The Labute approximate surface area is 101 Å². The molecule has 1 N–H and O–H groups in total. The normalized spacial score (nSPS) is 10.5. The third-order valence-corrected chi connectivity index (χ3v) is 3.01. The summed E-state index contributed by atoms with van der Waals surface area (Å²) >= 11 is 0. The van der Waals surface area contributed by atoms with Crippen LogP contribution in [0, 0.1) is 13.8 Å². The maximum absolute atomic E-state index is 12.0. The van der Waals surface area contributed by atoms with Crippen LogP contribution in [0.5, 0.6) is 0 Å². The summed E-state index contributed by atoms with van der Waals surface area (Å²) in [5.74, 6) is -1.14. The van der Waals surface area contributed by atoms with Crippen LogP contribution in [0.4, 0.5) is 0 Å². The van der Waals surface area contributed by atoms with Gasteiger partial charge in [0.1, 0.15) is 5.56 Å². The lowest BCUT2D eigenvalue weighted by Crippen LogP contribution is -2.28. The number of carbonyl (C=O) groups is 1. The highest BCUT2D eigenvalue weighted by Crippen LogP contribution is 2.09. The summed E-state index contributed by atoms with van der Waals surface area (Å²) in [6, 6.07) is 0. The van der Waals surface area contributed by atoms with Gasteiger partial charge in [-0.2, -0.15) is 0 Å². The predicted molar refractivity (Wildman–Crippen MR) is 66.7 cm³/mol. The number of nitrogens with zero attached hydrogens (tertiary/aromatic N) is 1. The molecule has 4 heteroatoms. The van der Waals surface area contributed by atoms with Gasteiger partial charge in [-0.25, -0.2) is 4.79 Å². The Morgan fingerprint density at radius 2 is 2.00 bits per heavy atom. The number of hydrogen-bond donors (Lipinski definition) is 1. The summed E-state index contributed by atoms with van der Waals surface area (Å²) in [4.78, 5) is 23.0. The lowest BCUT2D eigenvalue weighted by molar-refractivity contribution is 0.0693. The van der Waals surface area contributed by atoms with Gasteiger partial charge in [0.05, 0.1) is 0 Å². The number of aromatic carboxylic acids is 1. The highest BCUT2D eigenvalue weighted by molar-refractivity contribution is 5.89. The molecule has 4 nitrogen and oxygen atoms in total. The lowest BCUT2D eigenvalue weighted by Gasteiger charge is -2.11. The smallest absolute Gasteiger partial charge is 0.341 e. The van der Waals surface area contributed by atoms with Gasteiger partial charge in [-0.15, -0.1) is 0 Å². The number of aromatic nitrogens is 1. The van der Waals surface area contributed by atoms with Crippen LogP contribution in [-0.2, 0) is 6.54 Å². The molecule has 0 unspecified atom stereocenters. The van der Waals surface area contributed by atoms with Crippen molar-refractivity contribution in [2.24, 2.45) is 0 Å². The molecule has 0 aliphatic heterocycles. The summed E-state index contributed by atoms with van der Waals surface area (Å²) < 4.78 is 1.52. The fourth-order valence-corrected chi connectivity index (χ4v) is 1.84. The lowest BCUT2D eigenvalue weighted by atomic mass is 10.1. The molecule has 0 radical (unpaired) electrons. The summed E-state index contributed by atoms with van der Waals surface area (Å²) in [5.41, 5.74) is 0.922. The second-order valence-electron chi connectivity index (χ2n) is 4.32. The molecule has 0 bridgehead atoms. The van der Waals surface area contributed by atoms with Crippen LogP contribution in [0.3, 0.4) is 0 Å². The molecule has 0 amide bonds. The molecule has 0 saturated carbocycles. The fourth-order valence-electron chi connectivity index (χ4n) is 1.84. The summed E-state index contributed by atoms with van der Waals surface area (Å²) in [6.45, 7) is 6.19. The van der Waals surface area contributed by atoms with Crippen molar-refractivity contribution in [2.75, 3.05) is 0 Å². The van der Waals surface area contributed by atoms with Crippen molar-refractivity contribution in [2.45, 2.75) is 46.6 Å². The van der Waals surface area contributed by atoms with Crippen LogP contribution in [0.1, 0.15) is 47.7 Å². The summed E-state index contributed by atoms with van der Waals surface area (Å²) in [5, 5.41) is 9.05. The molecule has 1 aromatic rings. The first kappa shape index (κ1) is 13.5. The minimum atomic E-state index is -1.14. The molecule has 1 heterocycles. The standard InChI is InChI=1S/C13H19NO3/c1-4-5-6-7-14-8-9(2)10(3)11(12(14)15)13(16)17/h8H,4-7H2,1-3H3,(H,16,17). The van der Waals surface area contributed by atoms with E-state index < -0.39 is 11.5 Å². The molecule has 0 aliphatic carbocycles. The summed E-state index contributed by atoms with van der Waals surface area (Å²) in [7, 11) is 0. The molecule has 0 aliphatic rings. The molecule has 0 saturated heterocycles. The van der Waals surface area contributed by atoms with Crippen molar-refractivity contribution in [1.82, 2.24) is 4.57 Å². The average Bonchev–Trinajstić information content (AvgIpc) is 2.25. The quantitative estimate of drug-likeness (QED) is 0.800. The SMILES string of the molecule is CCCCCn1cc(C)c(C)c(C(=O)O)c1=O. The van der Waals surface area contributed by atoms with E-state index in [1.54, 1.807) is 13.1 Å². The van der Waals surface area contributed by atoms with Gasteiger partial charge in [-0.3, -0.25) is 4.79 Å². The van der Waals surface area contributed by atoms with Crippen molar-refractivity contribution in [3.05, 3.63) is 33.2 Å². The fraction of sp³-hybridized carbons (Fsp3) is 0.538. The zero-order chi connectivity index (χ0) is 13.0. The number of hydrogen-bond acceptors (Lipinski definition) is 2. The van der Waals surface area contributed by atoms with E-state index in [0.29, 0.717) is 12.1 Å². The monoisotopic (exact) mass is 237 g/mol. The maximum atomic E-state index is 12.0. The molecule has 1 aromatic heterocycles. The van der Waals surface area contributed by atoms with E-state index in [4.69, 9.17) is 5.11 Å². The topological polar surface area (TPSA) is 59.3 Å². The van der Waals surface area contributed by atoms with Crippen LogP contribution in [-0.4, -0.2) is 15.6 Å². The minimum Gasteiger partial charge on any atom is -0.477 e. The van der Waals surface area contributed by atoms with Crippen LogP contribution < -0.4 is 5.56 Å². The van der Waals surface area contributed by atoms with Gasteiger partial charge >= 0.3 is 5.97 Å². The number of rotatable bonds is 5. The number of carboxylic acid groups (broad SMARTS) is 1. The van der Waals surface area contributed by atoms with E-state index in [-0.39, 0.29) is 5.56 Å². The Morgan fingerprint density at radius 1 is 1.35 bits per heavy atom. The molecule has 0 atom stereocenters. The zero-order valence-corrected chi connectivity index (χ0v) is 10.6. The van der Waals surface area contributed by atoms with Gasteiger partial charge in [0.25, 0.3) is 5.56 Å². The van der Waals surface area contributed by atoms with Crippen LogP contribution >= 0.6 is 0 Å². The van der Waals surface area contributed by atoms with Crippen molar-refractivity contribution in [3.8, 4) is 0 Å². The second kappa shape index (κ2) is 5.66. The first-order valence-electron chi connectivity index (χ1n) is 5.93. The van der Waals surface area contributed by atoms with Gasteiger partial charge in [0, 0.05) is 12.7 Å². The third-order valence-electron chi connectivity index (χ3n) is 3.01. The van der Waals surface area contributed by atoms with E-state index in [0.717, 1.165) is 24.8 Å². The first-order chi connectivity index (χ1) is 7.99. The van der Waals surface area contributed by atoms with E-state index in [1.165, 1.54) is 4.57 Å². The van der Waals surface area contributed by atoms with E-state index in [9.17, 15) is 9.59 Å². The highest BCUT2D eigenvalue weighted by Gasteiger charge is 2.16. The Hall–Kier alpha value is -1.58. The van der Waals surface area contributed by atoms with Gasteiger partial charge in [0.2, 0.25) is 0 Å². The van der Waals surface area contributed by atoms with Crippen LogP contribution in [0.2, 0.25) is 0 Å². The largest absolute Gasteiger partial charge is 0.477 e. The second-order valence-corrected chi connectivity index (χ2v) is 4.32. The van der Waals surface area contributed by atoms with Crippen LogP contribution in [0.15, 0.2) is 11.0 Å². The minimum absolute atomic E-state index is 0.0958. The third kappa shape index (κ3) is 2.96. The first-order valence-corrected chi connectivity index (χ1v) is 5.93. The maximum Gasteiger partial charge on any atom is 0.341 e. The van der Waals surface area contributed by atoms with Gasteiger partial charge in [0.15, 0.2) is 0 Å². The molecular weight excluding hydrogens is 218 g/mol.